The van der Waals surface area contributed by atoms with Crippen LogP contribution < -0.4 is 5.32 Å². The third-order valence-electron chi connectivity index (χ3n) is 4.59. The van der Waals surface area contributed by atoms with E-state index in [1.165, 1.54) is 16.3 Å². The molecule has 2 aliphatic rings. The molecule has 3 rings (SSSR count). The van der Waals surface area contributed by atoms with Gasteiger partial charge in [-0.3, -0.25) is 4.79 Å². The lowest BCUT2D eigenvalue weighted by atomic mass is 10.1. The average molecular weight is 461 g/mol. The molecule has 1 N–H and O–H groups in total. The van der Waals surface area contributed by atoms with E-state index in [4.69, 9.17) is 11.6 Å². The van der Waals surface area contributed by atoms with E-state index in [1.807, 2.05) is 6.92 Å². The van der Waals surface area contributed by atoms with Crippen LogP contribution in [0.15, 0.2) is 29.7 Å². The molecule has 0 radical (unpaired) electrons. The number of unbranched alkanes of at least 4 members (excludes halogenated alkanes) is 1. The molecule has 0 saturated heterocycles. The number of hydrogen-bond acceptors (Lipinski definition) is 4. The van der Waals surface area contributed by atoms with Gasteiger partial charge in [0.05, 0.1) is 22.8 Å². The SMILES string of the molecule is CCCCN1C(=O)C2SC=CC2=[N+](CC(=O)Nc2cc(C(F)(F)F)ccc2Cl)C1=O. The van der Waals surface area contributed by atoms with E-state index >= 15 is 0 Å². The standard InChI is InChI=1S/C19H17ClF3N3O3S/c1-2-3-7-25-17(28)16-14(6-8-30-16)26(18(25)29)10-15(27)24-13-9-11(19(21,22)23)4-5-12(13)20/h4-6,8-9,16H,2-3,7,10H2,1H3/p+1. The lowest BCUT2D eigenvalue weighted by molar-refractivity contribution is -0.425. The first-order valence-corrected chi connectivity index (χ1v) is 10.4. The Kier molecular flexibility index (Phi) is 6.56. The third kappa shape index (κ3) is 4.54. The first kappa shape index (κ1) is 22.4. The molecule has 1 aromatic rings. The molecule has 11 heteroatoms. The summed E-state index contributed by atoms with van der Waals surface area (Å²) in [6.45, 7) is 1.69. The van der Waals surface area contributed by atoms with E-state index in [0.29, 0.717) is 12.1 Å². The normalized spacial score (nSPS) is 18.8. The minimum Gasteiger partial charge on any atom is -0.321 e. The molecular formula is C19H18ClF3N3O3S+. The predicted molar refractivity (Wildman–Crippen MR) is 108 cm³/mol. The molecule has 1 aromatic carbocycles. The number of carbonyl (C=O) groups is 3. The molecule has 1 atom stereocenters. The van der Waals surface area contributed by atoms with Crippen molar-refractivity contribution in [2.24, 2.45) is 0 Å². The second-order valence-corrected chi connectivity index (χ2v) is 8.12. The molecule has 30 heavy (non-hydrogen) atoms. The lowest BCUT2D eigenvalue weighted by Gasteiger charge is -2.24. The highest BCUT2D eigenvalue weighted by Gasteiger charge is 2.49. The predicted octanol–water partition coefficient (Wildman–Crippen LogP) is 4.14. The number of anilines is 1. The quantitative estimate of drug-likeness (QED) is 0.648. The summed E-state index contributed by atoms with van der Waals surface area (Å²) in [5.41, 5.74) is -0.789. The summed E-state index contributed by atoms with van der Waals surface area (Å²) in [6.07, 6.45) is -1.61. The van der Waals surface area contributed by atoms with E-state index in [2.05, 4.69) is 5.32 Å². The van der Waals surface area contributed by atoms with Gasteiger partial charge < -0.3 is 5.32 Å². The van der Waals surface area contributed by atoms with E-state index in [0.717, 1.165) is 29.5 Å². The number of benzene rings is 1. The van der Waals surface area contributed by atoms with E-state index in [1.54, 1.807) is 11.5 Å². The summed E-state index contributed by atoms with van der Waals surface area (Å²) in [5, 5.41) is 3.31. The molecule has 1 unspecified atom stereocenters. The van der Waals surface area contributed by atoms with Gasteiger partial charge >= 0.3 is 18.1 Å². The Labute approximate surface area is 179 Å². The van der Waals surface area contributed by atoms with Crippen LogP contribution >= 0.6 is 23.4 Å². The topological polar surface area (TPSA) is 69.5 Å². The van der Waals surface area contributed by atoms with Crippen molar-refractivity contribution in [3.63, 3.8) is 0 Å². The molecule has 0 saturated carbocycles. The number of halogens is 4. The van der Waals surface area contributed by atoms with Gasteiger partial charge in [-0.1, -0.05) is 24.9 Å². The van der Waals surface area contributed by atoms with Gasteiger partial charge in [0.2, 0.25) is 0 Å². The Morgan fingerprint density at radius 2 is 2.07 bits per heavy atom. The average Bonchev–Trinajstić information content (AvgIpc) is 3.16. The van der Waals surface area contributed by atoms with Crippen molar-refractivity contribution >= 4 is 52.6 Å². The Hall–Kier alpha value is -2.33. The molecule has 0 bridgehead atoms. The smallest absolute Gasteiger partial charge is 0.321 e. The van der Waals surface area contributed by atoms with Gasteiger partial charge in [0.25, 0.3) is 5.91 Å². The summed E-state index contributed by atoms with van der Waals surface area (Å²) in [6, 6.07) is 1.95. The van der Waals surface area contributed by atoms with Crippen LogP contribution in [0, 0.1) is 0 Å². The molecule has 0 aliphatic carbocycles. The number of amides is 4. The van der Waals surface area contributed by atoms with Gasteiger partial charge in [-0.05, 0) is 36.1 Å². The van der Waals surface area contributed by atoms with Gasteiger partial charge in [0, 0.05) is 0 Å². The van der Waals surface area contributed by atoms with Crippen LogP contribution in [0.2, 0.25) is 5.02 Å². The summed E-state index contributed by atoms with van der Waals surface area (Å²) < 4.78 is 40.0. The highest BCUT2D eigenvalue weighted by molar-refractivity contribution is 8.04. The van der Waals surface area contributed by atoms with E-state index in [-0.39, 0.29) is 23.2 Å². The number of alkyl halides is 3. The van der Waals surface area contributed by atoms with Crippen molar-refractivity contribution in [3.05, 3.63) is 40.3 Å². The first-order chi connectivity index (χ1) is 14.1. The summed E-state index contributed by atoms with van der Waals surface area (Å²) in [5.74, 6) is -1.07. The second kappa shape index (κ2) is 8.81. The lowest BCUT2D eigenvalue weighted by Crippen LogP contribution is -2.56. The Morgan fingerprint density at radius 3 is 2.73 bits per heavy atom. The number of nitrogens with one attached hydrogen (secondary N) is 1. The van der Waals surface area contributed by atoms with Crippen molar-refractivity contribution in [2.75, 3.05) is 18.4 Å². The Bertz CT molecular complexity index is 962. The van der Waals surface area contributed by atoms with Crippen molar-refractivity contribution in [1.82, 2.24) is 4.90 Å². The molecule has 0 spiro atoms. The number of fused-ring (bicyclic) bond motifs is 1. The molecule has 160 valence electrons. The van der Waals surface area contributed by atoms with Crippen molar-refractivity contribution in [1.29, 1.82) is 0 Å². The highest BCUT2D eigenvalue weighted by atomic mass is 35.5. The molecule has 2 aliphatic heterocycles. The summed E-state index contributed by atoms with van der Waals surface area (Å²) in [7, 11) is 0. The summed E-state index contributed by atoms with van der Waals surface area (Å²) >= 11 is 7.15. The van der Waals surface area contributed by atoms with E-state index < -0.39 is 35.5 Å². The fraction of sp³-hybridized carbons (Fsp3) is 0.368. The number of hydrogen-bond donors (Lipinski definition) is 1. The monoisotopic (exact) mass is 460 g/mol. The van der Waals surface area contributed by atoms with Gasteiger partial charge in [0.15, 0.2) is 11.8 Å². The van der Waals surface area contributed by atoms with Crippen LogP contribution in [0.3, 0.4) is 0 Å². The number of thioether (sulfide) groups is 1. The molecule has 4 amide bonds. The zero-order valence-electron chi connectivity index (χ0n) is 15.8. The van der Waals surface area contributed by atoms with Crippen molar-refractivity contribution in [2.45, 2.75) is 31.2 Å². The Morgan fingerprint density at radius 1 is 1.33 bits per heavy atom. The summed E-state index contributed by atoms with van der Waals surface area (Å²) in [4.78, 5) is 39.1. The van der Waals surface area contributed by atoms with Crippen LogP contribution in [0.4, 0.5) is 23.7 Å². The van der Waals surface area contributed by atoms with Crippen LogP contribution in [-0.2, 0) is 15.8 Å². The first-order valence-electron chi connectivity index (χ1n) is 9.11. The van der Waals surface area contributed by atoms with Gasteiger partial charge in [-0.25, -0.2) is 4.79 Å². The minimum atomic E-state index is -4.60. The van der Waals surface area contributed by atoms with Crippen molar-refractivity contribution in [3.8, 4) is 0 Å². The number of allylic oxidation sites excluding steroid dienone is 1. The fourth-order valence-corrected chi connectivity index (χ4v) is 4.19. The number of rotatable bonds is 6. The fourth-order valence-electron chi connectivity index (χ4n) is 3.06. The number of urea groups is 1. The molecule has 6 nitrogen and oxygen atoms in total. The third-order valence-corrected chi connectivity index (χ3v) is 5.93. The number of imide groups is 1. The number of carbonyl (C=O) groups excluding carboxylic acids is 3. The maximum atomic E-state index is 12.9. The van der Waals surface area contributed by atoms with Crippen LogP contribution in [-0.4, -0.2) is 51.4 Å². The zero-order chi connectivity index (χ0) is 22.1. The molecule has 0 fully saturated rings. The highest BCUT2D eigenvalue weighted by Crippen LogP contribution is 2.34. The Balaban J connectivity index is 1.83. The largest absolute Gasteiger partial charge is 0.501 e. The minimum absolute atomic E-state index is 0.0667. The second-order valence-electron chi connectivity index (χ2n) is 6.70. The van der Waals surface area contributed by atoms with Crippen molar-refractivity contribution < 1.29 is 32.1 Å². The molecule has 2 heterocycles. The molecule has 0 aromatic heterocycles. The van der Waals surface area contributed by atoms with Crippen LogP contribution in [0.5, 0.6) is 0 Å². The van der Waals surface area contributed by atoms with Gasteiger partial charge in [-0.2, -0.15) is 27.4 Å². The van der Waals surface area contributed by atoms with Crippen LogP contribution in [0.25, 0.3) is 0 Å². The maximum Gasteiger partial charge on any atom is 0.501 e. The van der Waals surface area contributed by atoms with E-state index in [9.17, 15) is 27.6 Å². The van der Waals surface area contributed by atoms with Crippen LogP contribution in [0.1, 0.15) is 25.3 Å². The maximum absolute atomic E-state index is 12.9. The molecular weight excluding hydrogens is 443 g/mol. The zero-order valence-corrected chi connectivity index (χ0v) is 17.4. The van der Waals surface area contributed by atoms with Gasteiger partial charge in [0.1, 0.15) is 5.71 Å². The number of nitrogens with zero attached hydrogens (tertiary/aromatic N) is 2. The van der Waals surface area contributed by atoms with Gasteiger partial charge in [-0.15, -0.1) is 11.8 Å².